The van der Waals surface area contributed by atoms with Crippen LogP contribution >= 0.6 is 11.8 Å². The molecule has 3 atom stereocenters. The van der Waals surface area contributed by atoms with Crippen molar-refractivity contribution in [2.75, 3.05) is 25.1 Å². The van der Waals surface area contributed by atoms with Crippen LogP contribution in [-0.2, 0) is 4.74 Å². The highest BCUT2D eigenvalue weighted by Crippen LogP contribution is 2.22. The van der Waals surface area contributed by atoms with Gasteiger partial charge >= 0.3 is 6.09 Å². The number of nitrogens with zero attached hydrogens (tertiary/aromatic N) is 1. The Bertz CT molecular complexity index is 331. The normalized spacial score (nSPS) is 22.8. The number of nitrogens with one attached hydrogen (secondary N) is 1. The second-order valence-corrected chi connectivity index (χ2v) is 8.05. The molecule has 21 heavy (non-hydrogen) atoms. The minimum Gasteiger partial charge on any atom is -0.444 e. The van der Waals surface area contributed by atoms with Gasteiger partial charge in [0.1, 0.15) is 5.60 Å². The molecule has 0 aromatic carbocycles. The molecule has 0 aromatic rings. The summed E-state index contributed by atoms with van der Waals surface area (Å²) in [6.45, 7) is 11.8. The first-order valence-electron chi connectivity index (χ1n) is 7.96. The molecule has 1 fully saturated rings. The van der Waals surface area contributed by atoms with Gasteiger partial charge in [-0.2, -0.15) is 11.8 Å². The predicted octanol–water partition coefficient (Wildman–Crippen LogP) is 3.36. The average Bonchev–Trinajstić information content (AvgIpc) is 2.37. The lowest BCUT2D eigenvalue weighted by Gasteiger charge is -2.37. The number of carbonyl (C=O) groups is 1. The van der Waals surface area contributed by atoms with Crippen molar-refractivity contribution < 1.29 is 9.53 Å². The zero-order chi connectivity index (χ0) is 16.0. The van der Waals surface area contributed by atoms with Crippen LogP contribution < -0.4 is 5.32 Å². The standard InChI is InChI=1S/C16H32N2O2S/c1-12(11-21-6)17-13(2)14-8-7-9-18(10-14)15(19)20-16(3,4)5/h12-14,17H,7-11H2,1-6H3. The van der Waals surface area contributed by atoms with Crippen LogP contribution in [0.1, 0.15) is 47.5 Å². The van der Waals surface area contributed by atoms with Crippen LogP contribution in [0.2, 0.25) is 0 Å². The van der Waals surface area contributed by atoms with Gasteiger partial charge in [0, 0.05) is 30.9 Å². The summed E-state index contributed by atoms with van der Waals surface area (Å²) >= 11 is 1.86. The van der Waals surface area contributed by atoms with E-state index in [0.717, 1.165) is 25.3 Å². The lowest BCUT2D eigenvalue weighted by atomic mass is 9.91. The summed E-state index contributed by atoms with van der Waals surface area (Å²) < 4.78 is 5.49. The lowest BCUT2D eigenvalue weighted by Crippen LogP contribution is -2.49. The van der Waals surface area contributed by atoms with E-state index in [-0.39, 0.29) is 6.09 Å². The van der Waals surface area contributed by atoms with Crippen LogP contribution in [0.3, 0.4) is 0 Å². The third kappa shape index (κ3) is 6.92. The maximum atomic E-state index is 12.2. The minimum atomic E-state index is -0.416. The highest BCUT2D eigenvalue weighted by molar-refractivity contribution is 7.98. The number of piperidine rings is 1. The molecule has 3 unspecified atom stereocenters. The fourth-order valence-electron chi connectivity index (χ4n) is 2.79. The van der Waals surface area contributed by atoms with Crippen molar-refractivity contribution in [2.45, 2.75) is 65.1 Å². The number of likely N-dealkylation sites (tertiary alicyclic amines) is 1. The smallest absolute Gasteiger partial charge is 0.410 e. The minimum absolute atomic E-state index is 0.170. The Morgan fingerprint density at radius 2 is 2.10 bits per heavy atom. The first kappa shape index (κ1) is 18.6. The molecule has 1 N–H and O–H groups in total. The summed E-state index contributed by atoms with van der Waals surface area (Å²) in [5, 5.41) is 3.66. The number of carbonyl (C=O) groups excluding carboxylic acids is 1. The fourth-order valence-corrected chi connectivity index (χ4v) is 3.39. The van der Waals surface area contributed by atoms with Gasteiger partial charge in [-0.05, 0) is 59.6 Å². The van der Waals surface area contributed by atoms with Crippen molar-refractivity contribution in [3.05, 3.63) is 0 Å². The molecule has 1 aliphatic rings. The number of ether oxygens (including phenoxy) is 1. The number of hydrogen-bond donors (Lipinski definition) is 1. The second-order valence-electron chi connectivity index (χ2n) is 7.14. The van der Waals surface area contributed by atoms with Gasteiger partial charge in [0.2, 0.25) is 0 Å². The Hall–Kier alpha value is -0.420. The van der Waals surface area contributed by atoms with E-state index in [9.17, 15) is 4.79 Å². The van der Waals surface area contributed by atoms with Gasteiger partial charge in [0.25, 0.3) is 0 Å². The quantitative estimate of drug-likeness (QED) is 0.844. The van der Waals surface area contributed by atoms with Gasteiger partial charge in [-0.3, -0.25) is 0 Å². The van der Waals surface area contributed by atoms with Crippen LogP contribution in [0.5, 0.6) is 0 Å². The molecular formula is C16H32N2O2S. The molecule has 0 spiro atoms. The number of thioether (sulfide) groups is 1. The van der Waals surface area contributed by atoms with Crippen LogP contribution in [-0.4, -0.2) is 53.8 Å². The van der Waals surface area contributed by atoms with Crippen molar-refractivity contribution in [1.29, 1.82) is 0 Å². The van der Waals surface area contributed by atoms with Gasteiger partial charge in [-0.1, -0.05) is 0 Å². The summed E-state index contributed by atoms with van der Waals surface area (Å²) in [5.74, 6) is 1.63. The molecule has 1 aliphatic heterocycles. The zero-order valence-corrected chi connectivity index (χ0v) is 15.3. The maximum Gasteiger partial charge on any atom is 0.410 e. The van der Waals surface area contributed by atoms with E-state index in [0.29, 0.717) is 18.0 Å². The van der Waals surface area contributed by atoms with E-state index in [1.807, 2.05) is 37.4 Å². The monoisotopic (exact) mass is 316 g/mol. The number of amides is 1. The third-order valence-electron chi connectivity index (χ3n) is 3.78. The van der Waals surface area contributed by atoms with Crippen molar-refractivity contribution in [1.82, 2.24) is 10.2 Å². The molecule has 0 aromatic heterocycles. The Kier molecular flexibility index (Phi) is 7.34. The number of hydrogen-bond acceptors (Lipinski definition) is 4. The number of rotatable bonds is 5. The van der Waals surface area contributed by atoms with Gasteiger partial charge in [-0.15, -0.1) is 0 Å². The average molecular weight is 317 g/mol. The molecule has 5 heteroatoms. The molecule has 1 saturated heterocycles. The van der Waals surface area contributed by atoms with Gasteiger partial charge < -0.3 is 15.0 Å². The fraction of sp³-hybridized carbons (Fsp3) is 0.938. The topological polar surface area (TPSA) is 41.6 Å². The van der Waals surface area contributed by atoms with Gasteiger partial charge in [-0.25, -0.2) is 4.79 Å². The van der Waals surface area contributed by atoms with Crippen molar-refractivity contribution in [2.24, 2.45) is 5.92 Å². The summed E-state index contributed by atoms with van der Waals surface area (Å²) in [6.07, 6.45) is 4.21. The molecular weight excluding hydrogens is 284 g/mol. The summed E-state index contributed by atoms with van der Waals surface area (Å²) in [7, 11) is 0. The van der Waals surface area contributed by atoms with E-state index in [4.69, 9.17) is 4.74 Å². The predicted molar refractivity (Wildman–Crippen MR) is 91.0 cm³/mol. The molecule has 1 amide bonds. The van der Waals surface area contributed by atoms with E-state index in [1.165, 1.54) is 6.42 Å². The second kappa shape index (κ2) is 8.28. The molecule has 1 rings (SSSR count). The van der Waals surface area contributed by atoms with Crippen LogP contribution in [0.15, 0.2) is 0 Å². The zero-order valence-electron chi connectivity index (χ0n) is 14.4. The van der Waals surface area contributed by atoms with Crippen molar-refractivity contribution in [3.8, 4) is 0 Å². The molecule has 0 aliphatic carbocycles. The Morgan fingerprint density at radius 3 is 2.67 bits per heavy atom. The van der Waals surface area contributed by atoms with Crippen molar-refractivity contribution in [3.63, 3.8) is 0 Å². The SMILES string of the molecule is CSCC(C)NC(C)C1CCCN(C(=O)OC(C)(C)C)C1. The van der Waals surface area contributed by atoms with Gasteiger partial charge in [0.15, 0.2) is 0 Å². The van der Waals surface area contributed by atoms with E-state index in [1.54, 1.807) is 0 Å². The van der Waals surface area contributed by atoms with E-state index >= 15 is 0 Å². The third-order valence-corrected chi connectivity index (χ3v) is 4.61. The first-order chi connectivity index (χ1) is 9.73. The summed E-state index contributed by atoms with van der Waals surface area (Å²) in [5.41, 5.74) is -0.416. The largest absolute Gasteiger partial charge is 0.444 e. The Labute approximate surface area is 134 Å². The molecule has 0 saturated carbocycles. The lowest BCUT2D eigenvalue weighted by molar-refractivity contribution is 0.0147. The molecule has 124 valence electrons. The molecule has 4 nitrogen and oxygen atoms in total. The van der Waals surface area contributed by atoms with Crippen LogP contribution in [0.4, 0.5) is 4.79 Å². The highest BCUT2D eigenvalue weighted by atomic mass is 32.2. The maximum absolute atomic E-state index is 12.2. The van der Waals surface area contributed by atoms with Crippen molar-refractivity contribution >= 4 is 17.9 Å². The molecule has 0 bridgehead atoms. The Morgan fingerprint density at radius 1 is 1.43 bits per heavy atom. The molecule has 0 radical (unpaired) electrons. The van der Waals surface area contributed by atoms with E-state index in [2.05, 4.69) is 25.4 Å². The van der Waals surface area contributed by atoms with Crippen LogP contribution in [0.25, 0.3) is 0 Å². The van der Waals surface area contributed by atoms with Crippen LogP contribution in [0, 0.1) is 5.92 Å². The summed E-state index contributed by atoms with van der Waals surface area (Å²) in [4.78, 5) is 14.1. The van der Waals surface area contributed by atoms with E-state index < -0.39 is 5.60 Å². The molecule has 1 heterocycles. The Balaban J connectivity index is 2.49. The summed E-state index contributed by atoms with van der Waals surface area (Å²) in [6, 6.07) is 0.935. The van der Waals surface area contributed by atoms with Gasteiger partial charge in [0.05, 0.1) is 0 Å². The first-order valence-corrected chi connectivity index (χ1v) is 9.35. The highest BCUT2D eigenvalue weighted by Gasteiger charge is 2.30.